The van der Waals surface area contributed by atoms with E-state index in [1.165, 1.54) is 6.07 Å². The number of carbonyl (C=O) groups is 1. The lowest BCUT2D eigenvalue weighted by Crippen LogP contribution is -2.01. The highest BCUT2D eigenvalue weighted by atomic mass is 32.2. The van der Waals surface area contributed by atoms with Crippen LogP contribution in [0.2, 0.25) is 0 Å². The molecule has 20 heavy (non-hydrogen) atoms. The molecule has 2 aromatic carbocycles. The van der Waals surface area contributed by atoms with Crippen LogP contribution in [-0.2, 0) is 16.6 Å². The van der Waals surface area contributed by atoms with Gasteiger partial charge in [0.05, 0.1) is 22.1 Å². The van der Waals surface area contributed by atoms with Gasteiger partial charge in [-0.2, -0.15) is 0 Å². The van der Waals surface area contributed by atoms with Gasteiger partial charge in [0.25, 0.3) is 0 Å². The van der Waals surface area contributed by atoms with Gasteiger partial charge in [0.15, 0.2) is 0 Å². The first kappa shape index (κ1) is 14.5. The smallest absolute Gasteiger partial charge is 0.335 e. The van der Waals surface area contributed by atoms with Gasteiger partial charge < -0.3 is 5.11 Å². The van der Waals surface area contributed by atoms with Crippen molar-refractivity contribution in [2.45, 2.75) is 24.5 Å². The van der Waals surface area contributed by atoms with Gasteiger partial charge in [0, 0.05) is 4.90 Å². The average molecular weight is 288 g/mol. The van der Waals surface area contributed by atoms with Gasteiger partial charge in [0.2, 0.25) is 0 Å². The van der Waals surface area contributed by atoms with E-state index >= 15 is 0 Å². The highest BCUT2D eigenvalue weighted by molar-refractivity contribution is 7.84. The minimum Gasteiger partial charge on any atom is -0.478 e. The minimum absolute atomic E-state index is 0.222. The van der Waals surface area contributed by atoms with E-state index in [9.17, 15) is 9.00 Å². The first-order valence-electron chi connectivity index (χ1n) is 6.25. The van der Waals surface area contributed by atoms with Crippen LogP contribution in [0.15, 0.2) is 47.4 Å². The number of hydrogen-bond acceptors (Lipinski definition) is 2. The summed E-state index contributed by atoms with van der Waals surface area (Å²) in [5.74, 6) is -0.644. The van der Waals surface area contributed by atoms with Gasteiger partial charge in [-0.3, -0.25) is 4.21 Å². The monoisotopic (exact) mass is 288 g/mol. The maximum atomic E-state index is 12.4. The molecule has 4 heteroatoms. The number of rotatable bonds is 4. The molecule has 0 saturated heterocycles. The predicted molar refractivity (Wildman–Crippen MR) is 79.4 cm³/mol. The Kier molecular flexibility index (Phi) is 4.35. The van der Waals surface area contributed by atoms with Crippen molar-refractivity contribution in [3.63, 3.8) is 0 Å². The van der Waals surface area contributed by atoms with Crippen molar-refractivity contribution < 1.29 is 14.1 Å². The Balaban J connectivity index is 2.23. The molecule has 0 spiro atoms. The molecule has 0 bridgehead atoms. The lowest BCUT2D eigenvalue weighted by molar-refractivity contribution is 0.0696. The zero-order valence-corrected chi connectivity index (χ0v) is 12.2. The molecule has 0 radical (unpaired) electrons. The molecule has 0 aliphatic rings. The van der Waals surface area contributed by atoms with Crippen LogP contribution in [0, 0.1) is 13.8 Å². The normalized spacial score (nSPS) is 12.1. The lowest BCUT2D eigenvalue weighted by atomic mass is 10.1. The first-order chi connectivity index (χ1) is 9.47. The summed E-state index contributed by atoms with van der Waals surface area (Å²) in [5, 5.41) is 8.96. The third-order valence-electron chi connectivity index (χ3n) is 3.05. The standard InChI is InChI=1S/C16H16O3S/c1-11-6-7-15(12(2)8-11)20(19)10-13-4-3-5-14(9-13)16(17)18/h3-9H,10H2,1-2H3,(H,17,18). The summed E-state index contributed by atoms with van der Waals surface area (Å²) >= 11 is 0. The van der Waals surface area contributed by atoms with E-state index in [2.05, 4.69) is 0 Å². The Labute approximate surface area is 120 Å². The summed E-state index contributed by atoms with van der Waals surface area (Å²) in [7, 11) is -1.17. The number of hydrogen-bond donors (Lipinski definition) is 1. The average Bonchev–Trinajstić information content (AvgIpc) is 2.38. The minimum atomic E-state index is -1.17. The fraction of sp³-hybridized carbons (Fsp3) is 0.188. The van der Waals surface area contributed by atoms with E-state index in [-0.39, 0.29) is 5.56 Å². The molecule has 0 fully saturated rings. The highest BCUT2D eigenvalue weighted by Crippen LogP contribution is 2.18. The number of carboxylic acids is 1. The second kappa shape index (κ2) is 6.01. The Morgan fingerprint density at radius 3 is 2.55 bits per heavy atom. The molecule has 2 rings (SSSR count). The molecule has 1 atom stereocenters. The Morgan fingerprint density at radius 2 is 1.90 bits per heavy atom. The van der Waals surface area contributed by atoms with Crippen molar-refractivity contribution in [3.05, 3.63) is 64.7 Å². The fourth-order valence-corrected chi connectivity index (χ4v) is 3.35. The largest absolute Gasteiger partial charge is 0.478 e. The molecule has 2 aromatic rings. The quantitative estimate of drug-likeness (QED) is 0.939. The predicted octanol–water partition coefficient (Wildman–Crippen LogP) is 3.31. The molecule has 0 saturated carbocycles. The maximum Gasteiger partial charge on any atom is 0.335 e. The van der Waals surface area contributed by atoms with E-state index in [0.29, 0.717) is 5.75 Å². The van der Waals surface area contributed by atoms with E-state index in [0.717, 1.165) is 21.6 Å². The van der Waals surface area contributed by atoms with Crippen LogP contribution in [0.1, 0.15) is 27.0 Å². The summed E-state index contributed by atoms with van der Waals surface area (Å²) in [4.78, 5) is 11.7. The topological polar surface area (TPSA) is 54.4 Å². The highest BCUT2D eigenvalue weighted by Gasteiger charge is 2.10. The Bertz CT molecular complexity index is 677. The second-order valence-electron chi connectivity index (χ2n) is 4.76. The van der Waals surface area contributed by atoms with Crippen molar-refractivity contribution in [2.75, 3.05) is 0 Å². The van der Waals surface area contributed by atoms with E-state index in [1.54, 1.807) is 18.2 Å². The molecule has 1 N–H and O–H groups in total. The third-order valence-corrected chi connectivity index (χ3v) is 4.59. The molecule has 0 aliphatic heterocycles. The van der Waals surface area contributed by atoms with Gasteiger partial charge in [0.1, 0.15) is 0 Å². The molecule has 0 aromatic heterocycles. The maximum absolute atomic E-state index is 12.4. The summed E-state index contributed by atoms with van der Waals surface area (Å²) < 4.78 is 12.4. The van der Waals surface area contributed by atoms with Crippen molar-refractivity contribution in [1.29, 1.82) is 0 Å². The molecule has 104 valence electrons. The van der Waals surface area contributed by atoms with E-state index in [1.807, 2.05) is 32.0 Å². The van der Waals surface area contributed by atoms with Crippen LogP contribution in [0.3, 0.4) is 0 Å². The number of benzene rings is 2. The van der Waals surface area contributed by atoms with Crippen molar-refractivity contribution in [2.24, 2.45) is 0 Å². The van der Waals surface area contributed by atoms with Crippen LogP contribution in [0.5, 0.6) is 0 Å². The van der Waals surface area contributed by atoms with E-state index < -0.39 is 16.8 Å². The zero-order valence-electron chi connectivity index (χ0n) is 11.4. The van der Waals surface area contributed by atoms with Gasteiger partial charge in [-0.25, -0.2) is 4.79 Å². The second-order valence-corrected chi connectivity index (χ2v) is 6.18. The summed E-state index contributed by atoms with van der Waals surface area (Å²) in [5.41, 5.74) is 3.12. The summed E-state index contributed by atoms with van der Waals surface area (Å²) in [6.45, 7) is 3.93. The van der Waals surface area contributed by atoms with E-state index in [4.69, 9.17) is 5.11 Å². The van der Waals surface area contributed by atoms with Gasteiger partial charge in [-0.1, -0.05) is 29.8 Å². The van der Waals surface area contributed by atoms with Gasteiger partial charge in [-0.15, -0.1) is 0 Å². The summed E-state index contributed by atoms with van der Waals surface area (Å²) in [6, 6.07) is 12.4. The Hall–Kier alpha value is -1.94. The molecular weight excluding hydrogens is 272 g/mol. The lowest BCUT2D eigenvalue weighted by Gasteiger charge is -2.07. The molecule has 3 nitrogen and oxygen atoms in total. The number of carboxylic acid groups (broad SMARTS) is 1. The molecular formula is C16H16O3S. The van der Waals surface area contributed by atoms with Gasteiger partial charge >= 0.3 is 5.97 Å². The Morgan fingerprint density at radius 1 is 1.15 bits per heavy atom. The molecule has 0 aliphatic carbocycles. The summed E-state index contributed by atoms with van der Waals surface area (Å²) in [6.07, 6.45) is 0. The van der Waals surface area contributed by atoms with Crippen LogP contribution >= 0.6 is 0 Å². The fourth-order valence-electron chi connectivity index (χ4n) is 2.08. The van der Waals surface area contributed by atoms with Gasteiger partial charge in [-0.05, 0) is 43.2 Å². The van der Waals surface area contributed by atoms with Crippen LogP contribution in [0.25, 0.3) is 0 Å². The molecule has 0 amide bonds. The number of aryl methyl sites for hydroxylation is 2. The van der Waals surface area contributed by atoms with Crippen molar-refractivity contribution >= 4 is 16.8 Å². The van der Waals surface area contributed by atoms with Crippen molar-refractivity contribution in [3.8, 4) is 0 Å². The van der Waals surface area contributed by atoms with Crippen LogP contribution in [-0.4, -0.2) is 15.3 Å². The SMILES string of the molecule is Cc1ccc(S(=O)Cc2cccc(C(=O)O)c2)c(C)c1. The zero-order chi connectivity index (χ0) is 14.7. The van der Waals surface area contributed by atoms with Crippen LogP contribution < -0.4 is 0 Å². The first-order valence-corrected chi connectivity index (χ1v) is 7.57. The number of aromatic carboxylic acids is 1. The van der Waals surface area contributed by atoms with Crippen LogP contribution in [0.4, 0.5) is 0 Å². The molecule has 1 unspecified atom stereocenters. The molecule has 0 heterocycles. The third kappa shape index (κ3) is 3.33. The van der Waals surface area contributed by atoms with Crippen molar-refractivity contribution in [1.82, 2.24) is 0 Å².